The number of carbonyl (C=O) groups is 1. The number of aliphatic hydroxyl groups is 4. The van der Waals surface area contributed by atoms with Crippen LogP contribution in [0.3, 0.4) is 0 Å². The summed E-state index contributed by atoms with van der Waals surface area (Å²) < 4.78 is 24.4. The molecule has 2 aliphatic rings. The van der Waals surface area contributed by atoms with Crippen molar-refractivity contribution in [2.45, 2.75) is 130 Å². The molecule has 0 aromatic rings. The Morgan fingerprint density at radius 3 is 1.77 bits per heavy atom. The molecule has 2 rings (SSSR count). The highest BCUT2D eigenvalue weighted by atomic mass is 16.7. The van der Waals surface area contributed by atoms with Crippen LogP contribution in [-0.2, 0) is 23.7 Å². The van der Waals surface area contributed by atoms with E-state index in [4.69, 9.17) is 30.4 Å². The Bertz CT molecular complexity index is 824. The fraction of sp³-hybridized carbons (Fsp3) is 0.963. The van der Waals surface area contributed by atoms with Gasteiger partial charge >= 0.3 is 0 Å². The van der Waals surface area contributed by atoms with E-state index in [0.29, 0.717) is 0 Å². The zero-order valence-electron chi connectivity index (χ0n) is 25.2. The maximum atomic E-state index is 12.0. The molecule has 0 aromatic heterocycles. The van der Waals surface area contributed by atoms with Gasteiger partial charge in [-0.05, 0) is 33.1 Å². The number of nitrogens with one attached hydrogen (secondary N) is 1. The van der Waals surface area contributed by atoms with E-state index in [1.807, 2.05) is 34.6 Å². The van der Waals surface area contributed by atoms with E-state index >= 15 is 0 Å². The summed E-state index contributed by atoms with van der Waals surface area (Å²) in [6, 6.07) is -1.90. The highest BCUT2D eigenvalue weighted by molar-refractivity contribution is 5.73. The zero-order chi connectivity index (χ0) is 30.3. The maximum absolute atomic E-state index is 12.0. The van der Waals surface area contributed by atoms with Gasteiger partial charge in [-0.25, -0.2) is 0 Å². The number of carbonyl (C=O) groups excluding carboxylic acids is 1. The van der Waals surface area contributed by atoms with Gasteiger partial charge in [0.05, 0.1) is 49.3 Å². The molecule has 0 spiro atoms. The predicted octanol–water partition coefficient (Wildman–Crippen LogP) is -0.214. The van der Waals surface area contributed by atoms with Crippen LogP contribution in [-0.4, -0.2) is 100.0 Å². The van der Waals surface area contributed by atoms with Crippen LogP contribution in [0, 0.1) is 22.7 Å². The molecular weight excluding hydrogens is 510 g/mol. The molecular formula is C27H53N3O9. The quantitative estimate of drug-likeness (QED) is 0.183. The molecule has 1 amide bonds. The Labute approximate surface area is 232 Å². The van der Waals surface area contributed by atoms with Crippen LogP contribution < -0.4 is 16.8 Å². The minimum atomic E-state index is -1.23. The molecule has 12 nitrogen and oxygen atoms in total. The van der Waals surface area contributed by atoms with Crippen molar-refractivity contribution < 1.29 is 44.2 Å². The van der Waals surface area contributed by atoms with Gasteiger partial charge in [0.2, 0.25) is 5.91 Å². The summed E-state index contributed by atoms with van der Waals surface area (Å²) in [5.74, 6) is -1.60. The molecule has 10 unspecified atom stereocenters. The monoisotopic (exact) mass is 563 g/mol. The number of rotatable bonds is 9. The molecule has 2 fully saturated rings. The molecule has 39 heavy (non-hydrogen) atoms. The molecule has 0 aliphatic carbocycles. The van der Waals surface area contributed by atoms with Crippen molar-refractivity contribution in [3.05, 3.63) is 0 Å². The van der Waals surface area contributed by atoms with Crippen molar-refractivity contribution in [2.75, 3.05) is 13.2 Å². The van der Waals surface area contributed by atoms with Crippen LogP contribution in [0.1, 0.15) is 69.2 Å². The van der Waals surface area contributed by atoms with Crippen molar-refractivity contribution in [3.8, 4) is 0 Å². The summed E-state index contributed by atoms with van der Waals surface area (Å²) in [6.45, 7) is 16.9. The van der Waals surface area contributed by atoms with Gasteiger partial charge in [0, 0.05) is 24.2 Å². The fourth-order valence-corrected chi connectivity index (χ4v) is 5.93. The number of nitrogens with two attached hydrogens (primary N) is 2. The Balaban J connectivity index is 2.40. The molecule has 0 bridgehead atoms. The van der Waals surface area contributed by atoms with Crippen LogP contribution in [0.25, 0.3) is 0 Å². The van der Waals surface area contributed by atoms with Gasteiger partial charge in [-0.2, -0.15) is 0 Å². The predicted molar refractivity (Wildman–Crippen MR) is 144 cm³/mol. The minimum Gasteiger partial charge on any atom is -0.394 e. The van der Waals surface area contributed by atoms with E-state index in [2.05, 4.69) is 5.32 Å². The molecule has 2 saturated heterocycles. The molecule has 9 N–H and O–H groups in total. The second kappa shape index (κ2) is 12.1. The lowest BCUT2D eigenvalue weighted by Gasteiger charge is -2.56. The van der Waals surface area contributed by atoms with Crippen molar-refractivity contribution >= 4 is 5.91 Å². The van der Waals surface area contributed by atoms with Crippen LogP contribution in [0.5, 0.6) is 0 Å². The van der Waals surface area contributed by atoms with E-state index < -0.39 is 95.6 Å². The maximum Gasteiger partial charge on any atom is 0.217 e. The first-order valence-corrected chi connectivity index (χ1v) is 13.6. The van der Waals surface area contributed by atoms with Gasteiger partial charge in [-0.15, -0.1) is 0 Å². The highest BCUT2D eigenvalue weighted by Gasteiger charge is 2.58. The summed E-state index contributed by atoms with van der Waals surface area (Å²) in [5.41, 5.74) is 8.88. The normalized spacial score (nSPS) is 37.0. The van der Waals surface area contributed by atoms with Gasteiger partial charge in [0.15, 0.2) is 12.6 Å². The highest BCUT2D eigenvalue weighted by Crippen LogP contribution is 2.49. The van der Waals surface area contributed by atoms with Gasteiger partial charge in [-0.3, -0.25) is 4.79 Å². The number of hydrogen-bond donors (Lipinski definition) is 7. The van der Waals surface area contributed by atoms with Crippen LogP contribution in [0.2, 0.25) is 0 Å². The second-order valence-corrected chi connectivity index (χ2v) is 13.7. The van der Waals surface area contributed by atoms with Gasteiger partial charge < -0.3 is 56.2 Å². The molecule has 12 heteroatoms. The summed E-state index contributed by atoms with van der Waals surface area (Å²) in [7, 11) is 0. The van der Waals surface area contributed by atoms with Crippen molar-refractivity contribution in [1.82, 2.24) is 5.32 Å². The van der Waals surface area contributed by atoms with E-state index in [9.17, 15) is 25.2 Å². The van der Waals surface area contributed by atoms with E-state index in [1.54, 1.807) is 27.7 Å². The van der Waals surface area contributed by atoms with E-state index in [-0.39, 0.29) is 6.61 Å². The molecule has 10 atom stereocenters. The molecule has 2 heterocycles. The Morgan fingerprint density at radius 2 is 1.33 bits per heavy atom. The Morgan fingerprint density at radius 1 is 0.846 bits per heavy atom. The summed E-state index contributed by atoms with van der Waals surface area (Å²) in [4.78, 5) is 12.0. The smallest absolute Gasteiger partial charge is 0.217 e. The average molecular weight is 564 g/mol. The van der Waals surface area contributed by atoms with Gasteiger partial charge in [0.1, 0.15) is 11.8 Å². The second-order valence-electron chi connectivity index (χ2n) is 13.7. The number of amides is 1. The Kier molecular flexibility index (Phi) is 10.7. The Hall–Kier alpha value is -0.930. The van der Waals surface area contributed by atoms with Crippen LogP contribution >= 0.6 is 0 Å². The number of aliphatic hydroxyl groups excluding tert-OH is 4. The minimum absolute atomic E-state index is 0.325. The lowest BCUT2D eigenvalue weighted by molar-refractivity contribution is -0.332. The van der Waals surface area contributed by atoms with Crippen molar-refractivity contribution in [2.24, 2.45) is 34.1 Å². The topological polar surface area (TPSA) is 199 Å². The molecule has 0 radical (unpaired) electrons. The first-order chi connectivity index (χ1) is 17.6. The van der Waals surface area contributed by atoms with E-state index in [0.717, 1.165) is 0 Å². The van der Waals surface area contributed by atoms with Crippen molar-refractivity contribution in [3.63, 3.8) is 0 Å². The van der Waals surface area contributed by atoms with Crippen LogP contribution in [0.4, 0.5) is 0 Å². The largest absolute Gasteiger partial charge is 0.394 e. The fourth-order valence-electron chi connectivity index (χ4n) is 5.93. The molecule has 2 aliphatic heterocycles. The first-order valence-electron chi connectivity index (χ1n) is 13.6. The first kappa shape index (κ1) is 34.3. The molecule has 0 aromatic carbocycles. The lowest BCUT2D eigenvalue weighted by Crippen LogP contribution is -2.69. The molecule has 230 valence electrons. The van der Waals surface area contributed by atoms with E-state index in [1.165, 1.54) is 6.92 Å². The van der Waals surface area contributed by atoms with Crippen LogP contribution in [0.15, 0.2) is 0 Å². The van der Waals surface area contributed by atoms with Gasteiger partial charge in [-0.1, -0.05) is 34.6 Å². The average Bonchev–Trinajstić information content (AvgIpc) is 2.76. The van der Waals surface area contributed by atoms with Crippen molar-refractivity contribution in [1.29, 1.82) is 0 Å². The third-order valence-electron chi connectivity index (χ3n) is 8.47. The third kappa shape index (κ3) is 7.48. The third-order valence-corrected chi connectivity index (χ3v) is 8.47. The lowest BCUT2D eigenvalue weighted by atomic mass is 9.62. The summed E-state index contributed by atoms with van der Waals surface area (Å²) in [6.07, 6.45) is -6.04. The zero-order valence-corrected chi connectivity index (χ0v) is 25.2. The standard InChI is InChI=1S/C27H53N3O9/c1-13(33)30-19-21(35)17(15(12-32)37-23(19)39-27(9,10)29)25(5,6)26(7,8)38-22-18(28)20(34)16(24(2,3)4)14(11-31)36-22/h14-23,31-32,34-35H,11-12,28-29H2,1-10H3,(H,30,33). The summed E-state index contributed by atoms with van der Waals surface area (Å²) >= 11 is 0. The number of ether oxygens (including phenoxy) is 4. The summed E-state index contributed by atoms with van der Waals surface area (Å²) in [5, 5.41) is 45.8. The van der Waals surface area contributed by atoms with Gasteiger partial charge in [0.25, 0.3) is 0 Å². The SMILES string of the molecule is CC(=O)NC1C(OC(C)(C)N)OC(CO)C(C(C)(C)C(C)(C)OC2OC(CO)C(C(C)(C)C)C(O)C2N)C1O. The molecule has 0 saturated carbocycles. The number of hydrogen-bond acceptors (Lipinski definition) is 11.